The van der Waals surface area contributed by atoms with Gasteiger partial charge >= 0.3 is 0 Å². The molecule has 152 valence electrons. The number of carbonyl (C=O) groups excluding carboxylic acids is 3. The molecule has 3 amide bonds. The first kappa shape index (κ1) is 18.2. The molecule has 1 unspecified atom stereocenters. The molecule has 10 heteroatoms. The molecule has 2 aromatic heterocycles. The van der Waals surface area contributed by atoms with Gasteiger partial charge < -0.3 is 9.47 Å². The van der Waals surface area contributed by atoms with E-state index in [1.807, 2.05) is 30.0 Å². The Kier molecular flexibility index (Phi) is 4.19. The topological polar surface area (TPSA) is 115 Å². The van der Waals surface area contributed by atoms with Crippen molar-refractivity contribution < 1.29 is 14.4 Å². The monoisotopic (exact) mass is 405 g/mol. The standard InChI is InChI=1S/C20H19N7O3/c1-12-21-7-8-25(12)9-13-10-27(24-23-13)16-4-2-3-14-15(16)11-26(20(14)30)17-5-6-18(28)22-19(17)29/h2-4,7-8,10,17H,5-6,9,11H2,1H3,(H,22,28,29). The first-order chi connectivity index (χ1) is 14.5. The summed E-state index contributed by atoms with van der Waals surface area (Å²) in [5, 5.41) is 10.8. The van der Waals surface area contributed by atoms with Gasteiger partial charge in [-0.2, -0.15) is 0 Å². The summed E-state index contributed by atoms with van der Waals surface area (Å²) in [6.45, 7) is 2.75. The van der Waals surface area contributed by atoms with Gasteiger partial charge in [0.15, 0.2) is 0 Å². The number of amides is 3. The van der Waals surface area contributed by atoms with E-state index in [1.54, 1.807) is 23.0 Å². The molecule has 0 radical (unpaired) electrons. The molecule has 5 rings (SSSR count). The van der Waals surface area contributed by atoms with Crippen molar-refractivity contribution in [1.82, 2.24) is 34.8 Å². The number of nitrogens with zero attached hydrogens (tertiary/aromatic N) is 6. The first-order valence-corrected chi connectivity index (χ1v) is 9.67. The molecular weight excluding hydrogens is 386 g/mol. The highest BCUT2D eigenvalue weighted by Gasteiger charge is 2.40. The van der Waals surface area contributed by atoms with Crippen LogP contribution in [-0.4, -0.2) is 53.2 Å². The van der Waals surface area contributed by atoms with Crippen LogP contribution in [0.4, 0.5) is 0 Å². The third-order valence-electron chi connectivity index (χ3n) is 5.60. The summed E-state index contributed by atoms with van der Waals surface area (Å²) in [5.74, 6) is -0.0524. The van der Waals surface area contributed by atoms with E-state index in [0.29, 0.717) is 18.5 Å². The summed E-state index contributed by atoms with van der Waals surface area (Å²) >= 11 is 0. The minimum absolute atomic E-state index is 0.212. The summed E-state index contributed by atoms with van der Waals surface area (Å²) in [6, 6.07) is 4.77. The number of hydrogen-bond donors (Lipinski definition) is 1. The third kappa shape index (κ3) is 2.97. The molecule has 30 heavy (non-hydrogen) atoms. The maximum Gasteiger partial charge on any atom is 0.255 e. The normalized spacial score (nSPS) is 18.6. The lowest BCUT2D eigenvalue weighted by molar-refractivity contribution is -0.136. The number of aryl methyl sites for hydroxylation is 1. The number of hydrogen-bond acceptors (Lipinski definition) is 6. The fraction of sp³-hybridized carbons (Fsp3) is 0.300. The molecule has 1 aromatic carbocycles. The molecule has 3 aromatic rings. The highest BCUT2D eigenvalue weighted by Crippen LogP contribution is 2.31. The zero-order chi connectivity index (χ0) is 20.8. The number of benzene rings is 1. The average molecular weight is 405 g/mol. The Bertz CT molecular complexity index is 1180. The van der Waals surface area contributed by atoms with E-state index in [1.165, 1.54) is 4.90 Å². The molecule has 4 heterocycles. The molecular formula is C20H19N7O3. The maximum atomic E-state index is 13.0. The van der Waals surface area contributed by atoms with Crippen molar-refractivity contribution in [3.8, 4) is 5.69 Å². The van der Waals surface area contributed by atoms with Crippen LogP contribution in [0.2, 0.25) is 0 Å². The van der Waals surface area contributed by atoms with Crippen molar-refractivity contribution >= 4 is 17.7 Å². The molecule has 2 aliphatic rings. The molecule has 0 saturated carbocycles. The number of carbonyl (C=O) groups is 3. The molecule has 0 aliphatic carbocycles. The zero-order valence-electron chi connectivity index (χ0n) is 16.3. The Morgan fingerprint density at radius 3 is 2.87 bits per heavy atom. The van der Waals surface area contributed by atoms with Gasteiger partial charge in [0, 0.05) is 36.5 Å². The van der Waals surface area contributed by atoms with Gasteiger partial charge in [-0.05, 0) is 25.5 Å². The summed E-state index contributed by atoms with van der Waals surface area (Å²) in [4.78, 5) is 42.4. The van der Waals surface area contributed by atoms with E-state index in [0.717, 1.165) is 22.8 Å². The van der Waals surface area contributed by atoms with E-state index in [-0.39, 0.29) is 24.8 Å². The average Bonchev–Trinajstić information content (AvgIpc) is 3.43. The van der Waals surface area contributed by atoms with Gasteiger partial charge in [0.05, 0.1) is 18.4 Å². The SMILES string of the molecule is Cc1nccn1Cc1cn(-c2cccc3c2CN(C2CCC(=O)NC2=O)C3=O)nn1. The predicted molar refractivity (Wildman–Crippen MR) is 103 cm³/mol. The van der Waals surface area contributed by atoms with Crippen molar-refractivity contribution in [3.05, 3.63) is 59.4 Å². The molecule has 1 saturated heterocycles. The van der Waals surface area contributed by atoms with Crippen molar-refractivity contribution in [2.75, 3.05) is 0 Å². The number of rotatable bonds is 4. The van der Waals surface area contributed by atoms with Crippen molar-refractivity contribution in [3.63, 3.8) is 0 Å². The fourth-order valence-electron chi connectivity index (χ4n) is 4.02. The van der Waals surface area contributed by atoms with Gasteiger partial charge in [-0.15, -0.1) is 5.10 Å². The van der Waals surface area contributed by atoms with Gasteiger partial charge in [0.1, 0.15) is 17.6 Å². The largest absolute Gasteiger partial charge is 0.329 e. The number of fused-ring (bicyclic) bond motifs is 1. The summed E-state index contributed by atoms with van der Waals surface area (Å²) in [7, 11) is 0. The van der Waals surface area contributed by atoms with Gasteiger partial charge in [-0.1, -0.05) is 11.3 Å². The summed E-state index contributed by atoms with van der Waals surface area (Å²) in [5.41, 5.74) is 2.85. The Balaban J connectivity index is 1.43. The van der Waals surface area contributed by atoms with Gasteiger partial charge in [-0.3, -0.25) is 19.7 Å². The maximum absolute atomic E-state index is 13.0. The number of nitrogens with one attached hydrogen (secondary N) is 1. The molecule has 10 nitrogen and oxygen atoms in total. The zero-order valence-corrected chi connectivity index (χ0v) is 16.3. The van der Waals surface area contributed by atoms with E-state index < -0.39 is 11.9 Å². The van der Waals surface area contributed by atoms with Crippen LogP contribution < -0.4 is 5.32 Å². The first-order valence-electron chi connectivity index (χ1n) is 9.67. The van der Waals surface area contributed by atoms with Gasteiger partial charge in [0.25, 0.3) is 5.91 Å². The lowest BCUT2D eigenvalue weighted by atomic mass is 10.0. The second kappa shape index (κ2) is 6.90. The van der Waals surface area contributed by atoms with Crippen LogP contribution in [0.5, 0.6) is 0 Å². The van der Waals surface area contributed by atoms with E-state index in [4.69, 9.17) is 0 Å². The highest BCUT2D eigenvalue weighted by molar-refractivity contribution is 6.05. The predicted octanol–water partition coefficient (Wildman–Crippen LogP) is 0.582. The number of aromatic nitrogens is 5. The van der Waals surface area contributed by atoms with Gasteiger partial charge in [-0.25, -0.2) is 9.67 Å². The summed E-state index contributed by atoms with van der Waals surface area (Å²) < 4.78 is 3.62. The van der Waals surface area contributed by atoms with Crippen molar-refractivity contribution in [2.45, 2.75) is 38.9 Å². The van der Waals surface area contributed by atoms with Crippen LogP contribution in [0.15, 0.2) is 36.8 Å². The fourth-order valence-corrected chi connectivity index (χ4v) is 4.02. The molecule has 0 bridgehead atoms. The second-order valence-electron chi connectivity index (χ2n) is 7.46. The van der Waals surface area contributed by atoms with E-state index in [2.05, 4.69) is 20.6 Å². The Morgan fingerprint density at radius 2 is 2.10 bits per heavy atom. The number of imide groups is 1. The van der Waals surface area contributed by atoms with Crippen molar-refractivity contribution in [1.29, 1.82) is 0 Å². The lowest BCUT2D eigenvalue weighted by Crippen LogP contribution is -2.52. The van der Waals surface area contributed by atoms with E-state index >= 15 is 0 Å². The van der Waals surface area contributed by atoms with E-state index in [9.17, 15) is 14.4 Å². The van der Waals surface area contributed by atoms with Crippen LogP contribution in [0, 0.1) is 6.92 Å². The van der Waals surface area contributed by atoms with Crippen LogP contribution in [0.25, 0.3) is 5.69 Å². The van der Waals surface area contributed by atoms with Crippen LogP contribution >= 0.6 is 0 Å². The number of piperidine rings is 1. The Labute approximate surface area is 171 Å². The minimum atomic E-state index is -0.647. The molecule has 1 N–H and O–H groups in total. The number of imidazole rings is 1. The van der Waals surface area contributed by atoms with Crippen LogP contribution in [0.3, 0.4) is 0 Å². The minimum Gasteiger partial charge on any atom is -0.329 e. The Morgan fingerprint density at radius 1 is 1.23 bits per heavy atom. The highest BCUT2D eigenvalue weighted by atomic mass is 16.2. The molecule has 2 aliphatic heterocycles. The van der Waals surface area contributed by atoms with Gasteiger partial charge in [0.2, 0.25) is 11.8 Å². The molecule has 0 spiro atoms. The molecule has 1 atom stereocenters. The van der Waals surface area contributed by atoms with Crippen LogP contribution in [0.1, 0.15) is 40.3 Å². The lowest BCUT2D eigenvalue weighted by Gasteiger charge is -2.29. The smallest absolute Gasteiger partial charge is 0.255 e. The summed E-state index contributed by atoms with van der Waals surface area (Å²) in [6.07, 6.45) is 6.00. The quantitative estimate of drug-likeness (QED) is 0.635. The third-order valence-corrected chi connectivity index (χ3v) is 5.60. The second-order valence-corrected chi connectivity index (χ2v) is 7.46. The van der Waals surface area contributed by atoms with Crippen LogP contribution in [-0.2, 0) is 22.7 Å². The van der Waals surface area contributed by atoms with Crippen molar-refractivity contribution in [2.24, 2.45) is 0 Å². The Hall–Kier alpha value is -3.82. The molecule has 1 fully saturated rings.